The number of morpholine rings is 1. The van der Waals surface area contributed by atoms with Crippen LogP contribution in [0, 0.1) is 5.41 Å². The molecule has 5 rings (SSSR count). The summed E-state index contributed by atoms with van der Waals surface area (Å²) in [4.78, 5) is 12.0. The van der Waals surface area contributed by atoms with Crippen LogP contribution in [0.3, 0.4) is 0 Å². The second kappa shape index (κ2) is 12.7. The first-order chi connectivity index (χ1) is 18.2. The zero-order valence-electron chi connectivity index (χ0n) is 21.4. The van der Waals surface area contributed by atoms with Gasteiger partial charge in [-0.2, -0.15) is 4.98 Å². The summed E-state index contributed by atoms with van der Waals surface area (Å²) in [6.45, 7) is 5.63. The standard InChI is InChI=1S/C26H39N7O4/c27-17-20(18-28-19-6-13-35-14-7-19)29-26-30-23-5-8-33(9-12-34)24(23)25(31-26)37-22-3-1-21(2-4-22)32-10-15-36-16-11-32/h5,8,17-19,21-22,27-28,34H,1-4,6-7,9-16H2,(H,29,30,31)/b20-18+,27-17?/t21-,22-. The third-order valence-corrected chi connectivity index (χ3v) is 7.51. The average Bonchev–Trinajstić information content (AvgIpc) is 3.35. The van der Waals surface area contributed by atoms with E-state index in [4.69, 9.17) is 24.6 Å². The van der Waals surface area contributed by atoms with Crippen molar-refractivity contribution in [3.8, 4) is 5.88 Å². The van der Waals surface area contributed by atoms with Crippen LogP contribution in [0.2, 0.25) is 0 Å². The molecular weight excluding hydrogens is 474 g/mol. The van der Waals surface area contributed by atoms with E-state index in [1.165, 1.54) is 6.21 Å². The van der Waals surface area contributed by atoms with Gasteiger partial charge in [-0.25, -0.2) is 4.98 Å². The maximum atomic E-state index is 9.56. The number of hydrogen-bond acceptors (Lipinski definition) is 10. The van der Waals surface area contributed by atoms with E-state index in [0.29, 0.717) is 36.2 Å². The molecule has 0 radical (unpaired) electrons. The molecule has 4 N–H and O–H groups in total. The molecule has 1 saturated carbocycles. The van der Waals surface area contributed by atoms with Crippen molar-refractivity contribution in [2.24, 2.45) is 0 Å². The SMILES string of the molecule is N=C/C(=C\NC1CCOCC1)Nc1nc(O[C@H]2CC[C@H](N3CCOCC3)CC2)c2c(ccn2CCO)n1. The van der Waals surface area contributed by atoms with Crippen molar-refractivity contribution in [2.75, 3.05) is 51.4 Å². The number of fused-ring (bicyclic) bond motifs is 1. The lowest BCUT2D eigenvalue weighted by Gasteiger charge is -2.38. The summed E-state index contributed by atoms with van der Waals surface area (Å²) in [5, 5.41) is 24.0. The molecule has 37 heavy (non-hydrogen) atoms. The van der Waals surface area contributed by atoms with Crippen molar-refractivity contribution in [3.05, 3.63) is 24.2 Å². The van der Waals surface area contributed by atoms with Gasteiger partial charge in [-0.15, -0.1) is 0 Å². The number of hydrogen-bond donors (Lipinski definition) is 4. The van der Waals surface area contributed by atoms with Crippen LogP contribution >= 0.6 is 0 Å². The van der Waals surface area contributed by atoms with E-state index in [2.05, 4.69) is 20.5 Å². The first kappa shape index (κ1) is 25.9. The maximum absolute atomic E-state index is 9.56. The Kier molecular flexibility index (Phi) is 8.88. The number of aromatic nitrogens is 3. The lowest BCUT2D eigenvalue weighted by atomic mass is 9.91. The summed E-state index contributed by atoms with van der Waals surface area (Å²) in [7, 11) is 0. The Balaban J connectivity index is 1.30. The smallest absolute Gasteiger partial charge is 0.243 e. The normalized spacial score (nSPS) is 24.2. The highest BCUT2D eigenvalue weighted by Gasteiger charge is 2.29. The molecule has 0 unspecified atom stereocenters. The number of aliphatic hydroxyl groups is 1. The van der Waals surface area contributed by atoms with Gasteiger partial charge in [-0.3, -0.25) is 4.90 Å². The van der Waals surface area contributed by atoms with Crippen molar-refractivity contribution in [1.82, 2.24) is 24.8 Å². The number of nitrogens with one attached hydrogen (secondary N) is 3. The number of rotatable bonds is 10. The van der Waals surface area contributed by atoms with Crippen molar-refractivity contribution in [2.45, 2.75) is 63.3 Å². The molecule has 11 nitrogen and oxygen atoms in total. The molecule has 4 heterocycles. The Morgan fingerprint density at radius 1 is 1.08 bits per heavy atom. The summed E-state index contributed by atoms with van der Waals surface area (Å²) in [6.07, 6.45) is 11.1. The van der Waals surface area contributed by atoms with E-state index >= 15 is 0 Å². The van der Waals surface area contributed by atoms with Crippen LogP contribution < -0.4 is 15.4 Å². The molecule has 2 aromatic heterocycles. The molecule has 0 bridgehead atoms. The summed E-state index contributed by atoms with van der Waals surface area (Å²) in [5.74, 6) is 0.900. The summed E-state index contributed by atoms with van der Waals surface area (Å²) < 4.78 is 19.4. The zero-order valence-corrected chi connectivity index (χ0v) is 21.4. The molecule has 202 valence electrons. The molecule has 0 amide bonds. The molecular formula is C26H39N7O4. The fourth-order valence-electron chi connectivity index (χ4n) is 5.45. The van der Waals surface area contributed by atoms with Gasteiger partial charge >= 0.3 is 0 Å². The number of ether oxygens (including phenoxy) is 3. The van der Waals surface area contributed by atoms with E-state index in [1.807, 2.05) is 16.8 Å². The van der Waals surface area contributed by atoms with Crippen molar-refractivity contribution < 1.29 is 19.3 Å². The quantitative estimate of drug-likeness (QED) is 0.353. The van der Waals surface area contributed by atoms with Gasteiger partial charge in [0.25, 0.3) is 0 Å². The Hall–Kier alpha value is -2.73. The van der Waals surface area contributed by atoms with Gasteiger partial charge in [-0.05, 0) is 44.6 Å². The molecule has 3 fully saturated rings. The molecule has 0 aromatic carbocycles. The minimum atomic E-state index is 0.0203. The molecule has 0 spiro atoms. The van der Waals surface area contributed by atoms with E-state index in [-0.39, 0.29) is 12.7 Å². The molecule has 2 saturated heterocycles. The van der Waals surface area contributed by atoms with Gasteiger partial charge in [-0.1, -0.05) is 0 Å². The molecule has 1 aliphatic carbocycles. The third kappa shape index (κ3) is 6.59. The Morgan fingerprint density at radius 3 is 2.57 bits per heavy atom. The largest absolute Gasteiger partial charge is 0.473 e. The monoisotopic (exact) mass is 513 g/mol. The predicted octanol–water partition coefficient (Wildman–Crippen LogP) is 2.12. The molecule has 0 atom stereocenters. The summed E-state index contributed by atoms with van der Waals surface area (Å²) in [5.41, 5.74) is 2.10. The summed E-state index contributed by atoms with van der Waals surface area (Å²) in [6, 6.07) is 2.83. The number of allylic oxidation sites excluding steroid dienone is 1. The highest BCUT2D eigenvalue weighted by Crippen LogP contribution is 2.31. The predicted molar refractivity (Wildman–Crippen MR) is 141 cm³/mol. The highest BCUT2D eigenvalue weighted by atomic mass is 16.5. The van der Waals surface area contributed by atoms with Crippen LogP contribution in [0.5, 0.6) is 5.88 Å². The van der Waals surface area contributed by atoms with E-state index in [1.54, 1.807) is 6.20 Å². The van der Waals surface area contributed by atoms with E-state index in [9.17, 15) is 5.11 Å². The average molecular weight is 514 g/mol. The number of aliphatic hydroxyl groups excluding tert-OH is 1. The molecule has 2 aliphatic heterocycles. The van der Waals surface area contributed by atoms with Crippen LogP contribution in [0.25, 0.3) is 11.0 Å². The highest BCUT2D eigenvalue weighted by molar-refractivity contribution is 5.84. The second-order valence-electron chi connectivity index (χ2n) is 9.94. The van der Waals surface area contributed by atoms with Gasteiger partial charge in [0, 0.05) is 63.5 Å². The van der Waals surface area contributed by atoms with Gasteiger partial charge in [0.05, 0.1) is 31.0 Å². The zero-order chi connectivity index (χ0) is 25.5. The Morgan fingerprint density at radius 2 is 1.84 bits per heavy atom. The van der Waals surface area contributed by atoms with Crippen LogP contribution in [0.15, 0.2) is 24.2 Å². The molecule has 2 aromatic rings. The topological polar surface area (TPSA) is 130 Å². The number of anilines is 1. The van der Waals surface area contributed by atoms with Gasteiger partial charge in [0.1, 0.15) is 11.6 Å². The minimum absolute atomic E-state index is 0.0203. The van der Waals surface area contributed by atoms with E-state index in [0.717, 1.165) is 89.1 Å². The third-order valence-electron chi connectivity index (χ3n) is 7.51. The lowest BCUT2D eigenvalue weighted by Crippen LogP contribution is -2.46. The lowest BCUT2D eigenvalue weighted by molar-refractivity contribution is -0.00127. The van der Waals surface area contributed by atoms with Gasteiger partial charge < -0.3 is 39.9 Å². The second-order valence-corrected chi connectivity index (χ2v) is 9.94. The van der Waals surface area contributed by atoms with Crippen molar-refractivity contribution in [1.29, 1.82) is 5.41 Å². The fraction of sp³-hybridized carbons (Fsp3) is 0.654. The van der Waals surface area contributed by atoms with Gasteiger partial charge in [0.2, 0.25) is 11.8 Å². The van der Waals surface area contributed by atoms with Gasteiger partial charge in [0.15, 0.2) is 0 Å². The minimum Gasteiger partial charge on any atom is -0.473 e. The summed E-state index contributed by atoms with van der Waals surface area (Å²) >= 11 is 0. The number of nitrogens with zero attached hydrogens (tertiary/aromatic N) is 4. The van der Waals surface area contributed by atoms with Crippen LogP contribution in [-0.4, -0.2) is 95.1 Å². The fourth-order valence-corrected chi connectivity index (χ4v) is 5.45. The van der Waals surface area contributed by atoms with Crippen LogP contribution in [0.1, 0.15) is 38.5 Å². The van der Waals surface area contributed by atoms with Crippen molar-refractivity contribution in [3.63, 3.8) is 0 Å². The molecule has 11 heteroatoms. The molecule has 3 aliphatic rings. The Labute approximate surface area is 217 Å². The van der Waals surface area contributed by atoms with Crippen LogP contribution in [0.4, 0.5) is 5.95 Å². The van der Waals surface area contributed by atoms with Crippen molar-refractivity contribution >= 4 is 23.2 Å². The first-order valence-electron chi connectivity index (χ1n) is 13.5. The van der Waals surface area contributed by atoms with Crippen LogP contribution in [-0.2, 0) is 16.0 Å². The first-order valence-corrected chi connectivity index (χ1v) is 13.5. The maximum Gasteiger partial charge on any atom is 0.243 e. The van der Waals surface area contributed by atoms with E-state index < -0.39 is 0 Å². The Bertz CT molecular complexity index is 1050.